The van der Waals surface area contributed by atoms with Crippen LogP contribution >= 0.6 is 24.0 Å². The van der Waals surface area contributed by atoms with Crippen molar-refractivity contribution in [2.75, 3.05) is 18.0 Å². The SMILES string of the molecule is Cn1c(=O)c(C=C2SC(=S)N(Cc3ccco3)C2=O)c(N2CCCCCC2)c2ccccc21. The zero-order valence-electron chi connectivity index (χ0n) is 18.5. The summed E-state index contributed by atoms with van der Waals surface area (Å²) in [6.07, 6.45) is 7.90. The van der Waals surface area contributed by atoms with Crippen LogP contribution in [0.1, 0.15) is 37.0 Å². The minimum Gasteiger partial charge on any atom is -0.467 e. The Bertz CT molecular complexity index is 1300. The van der Waals surface area contributed by atoms with E-state index >= 15 is 0 Å². The smallest absolute Gasteiger partial charge is 0.266 e. The van der Waals surface area contributed by atoms with Crippen molar-refractivity contribution in [2.45, 2.75) is 32.2 Å². The second-order valence-corrected chi connectivity index (χ2v) is 10.1. The van der Waals surface area contributed by atoms with E-state index in [0.717, 1.165) is 42.5 Å². The number of aryl methyl sites for hydroxylation is 1. The van der Waals surface area contributed by atoms with Crippen LogP contribution < -0.4 is 10.5 Å². The van der Waals surface area contributed by atoms with Crippen molar-refractivity contribution in [2.24, 2.45) is 7.05 Å². The molecule has 6 nitrogen and oxygen atoms in total. The molecule has 2 aliphatic heterocycles. The molecule has 0 spiro atoms. The summed E-state index contributed by atoms with van der Waals surface area (Å²) >= 11 is 6.73. The monoisotopic (exact) mass is 479 g/mol. The van der Waals surface area contributed by atoms with Crippen LogP contribution in [0.3, 0.4) is 0 Å². The van der Waals surface area contributed by atoms with Gasteiger partial charge < -0.3 is 13.9 Å². The molecule has 2 saturated heterocycles. The summed E-state index contributed by atoms with van der Waals surface area (Å²) in [5, 5.41) is 1.03. The third-order valence-corrected chi connectivity index (χ3v) is 7.65. The van der Waals surface area contributed by atoms with Gasteiger partial charge in [0.15, 0.2) is 0 Å². The van der Waals surface area contributed by atoms with Crippen LogP contribution in [0.2, 0.25) is 0 Å². The molecule has 1 aromatic carbocycles. The van der Waals surface area contributed by atoms with E-state index in [0.29, 0.717) is 20.5 Å². The van der Waals surface area contributed by atoms with Gasteiger partial charge in [-0.15, -0.1) is 0 Å². The topological polar surface area (TPSA) is 58.7 Å². The molecule has 0 N–H and O–H groups in total. The molecule has 0 atom stereocenters. The first-order chi connectivity index (χ1) is 16.0. The number of nitrogens with zero attached hydrogens (tertiary/aromatic N) is 3. The zero-order chi connectivity index (χ0) is 22.9. The molecule has 2 fully saturated rings. The lowest BCUT2D eigenvalue weighted by molar-refractivity contribution is -0.122. The van der Waals surface area contributed by atoms with Crippen LogP contribution in [0.15, 0.2) is 56.8 Å². The second-order valence-electron chi connectivity index (χ2n) is 8.39. The van der Waals surface area contributed by atoms with E-state index < -0.39 is 0 Å². The van der Waals surface area contributed by atoms with Crippen LogP contribution in [-0.4, -0.2) is 32.8 Å². The Labute approximate surface area is 201 Å². The fourth-order valence-corrected chi connectivity index (χ4v) is 5.83. The predicted octanol–water partition coefficient (Wildman–Crippen LogP) is 4.91. The minimum absolute atomic E-state index is 0.107. The molecule has 3 aromatic rings. The summed E-state index contributed by atoms with van der Waals surface area (Å²) < 4.78 is 7.54. The Morgan fingerprint density at radius 2 is 1.82 bits per heavy atom. The van der Waals surface area contributed by atoms with E-state index in [2.05, 4.69) is 11.0 Å². The number of benzene rings is 1. The molecular weight excluding hydrogens is 454 g/mol. The number of aromatic nitrogens is 1. The number of para-hydroxylation sites is 1. The van der Waals surface area contributed by atoms with Crippen molar-refractivity contribution in [1.82, 2.24) is 9.47 Å². The number of carbonyl (C=O) groups excluding carboxylic acids is 1. The quantitative estimate of drug-likeness (QED) is 0.391. The molecule has 2 aromatic heterocycles. The Morgan fingerprint density at radius 3 is 2.55 bits per heavy atom. The number of rotatable bonds is 4. The second kappa shape index (κ2) is 9.19. The normalized spacial score (nSPS) is 18.5. The number of furan rings is 1. The van der Waals surface area contributed by atoms with Gasteiger partial charge in [-0.2, -0.15) is 0 Å². The number of thioether (sulfide) groups is 1. The lowest BCUT2D eigenvalue weighted by Crippen LogP contribution is -2.30. The molecular formula is C25H25N3O3S2. The maximum atomic E-state index is 13.6. The first-order valence-electron chi connectivity index (χ1n) is 11.2. The number of fused-ring (bicyclic) bond motifs is 1. The standard InChI is InChI=1S/C25H25N3O3S2/c1-26-20-11-5-4-10-18(20)22(27-12-6-2-3-7-13-27)19(23(26)29)15-21-24(30)28(25(32)33-21)16-17-9-8-14-31-17/h4-5,8-11,14-15H,2-3,6-7,12-13,16H2,1H3. The molecule has 0 radical (unpaired) electrons. The molecule has 0 aliphatic carbocycles. The highest BCUT2D eigenvalue weighted by Gasteiger charge is 2.33. The Kier molecular flexibility index (Phi) is 6.12. The number of hydrogen-bond donors (Lipinski definition) is 0. The number of anilines is 1. The van der Waals surface area contributed by atoms with Crippen molar-refractivity contribution < 1.29 is 9.21 Å². The average Bonchev–Trinajstić information content (AvgIpc) is 3.32. The molecule has 170 valence electrons. The molecule has 0 bridgehead atoms. The average molecular weight is 480 g/mol. The van der Waals surface area contributed by atoms with Gasteiger partial charge in [-0.1, -0.05) is 55.0 Å². The lowest BCUT2D eigenvalue weighted by atomic mass is 10.1. The van der Waals surface area contributed by atoms with Gasteiger partial charge in [0.1, 0.15) is 10.1 Å². The number of amides is 1. The van der Waals surface area contributed by atoms with E-state index in [1.165, 1.54) is 29.5 Å². The van der Waals surface area contributed by atoms with Gasteiger partial charge in [0, 0.05) is 25.5 Å². The predicted molar refractivity (Wildman–Crippen MR) is 137 cm³/mol. The number of carbonyl (C=O) groups is 1. The molecule has 8 heteroatoms. The van der Waals surface area contributed by atoms with Crippen molar-refractivity contribution in [3.05, 3.63) is 69.2 Å². The summed E-state index contributed by atoms with van der Waals surface area (Å²) in [6.45, 7) is 2.08. The van der Waals surface area contributed by atoms with E-state index in [-0.39, 0.29) is 18.0 Å². The van der Waals surface area contributed by atoms with Crippen LogP contribution in [0.4, 0.5) is 5.69 Å². The van der Waals surface area contributed by atoms with Crippen molar-refractivity contribution in [3.8, 4) is 0 Å². The summed E-state index contributed by atoms with van der Waals surface area (Å²) in [4.78, 5) is 31.1. The zero-order valence-corrected chi connectivity index (χ0v) is 20.1. The first-order valence-corrected chi connectivity index (χ1v) is 12.4. The molecule has 4 heterocycles. The number of hydrogen-bond acceptors (Lipinski definition) is 6. The van der Waals surface area contributed by atoms with Gasteiger partial charge in [-0.25, -0.2) is 0 Å². The maximum Gasteiger partial charge on any atom is 0.266 e. The first kappa shape index (κ1) is 22.0. The Hall–Kier alpha value is -2.84. The fraction of sp³-hybridized carbons (Fsp3) is 0.320. The van der Waals surface area contributed by atoms with Crippen LogP contribution in [-0.2, 0) is 18.4 Å². The van der Waals surface area contributed by atoms with Gasteiger partial charge in [0.25, 0.3) is 11.5 Å². The van der Waals surface area contributed by atoms with E-state index in [1.807, 2.05) is 24.3 Å². The van der Waals surface area contributed by atoms with E-state index in [1.54, 1.807) is 30.0 Å². The highest BCUT2D eigenvalue weighted by Crippen LogP contribution is 2.37. The lowest BCUT2D eigenvalue weighted by Gasteiger charge is -2.27. The molecule has 0 saturated carbocycles. The summed E-state index contributed by atoms with van der Waals surface area (Å²) in [7, 11) is 1.79. The Morgan fingerprint density at radius 1 is 1.06 bits per heavy atom. The summed E-state index contributed by atoms with van der Waals surface area (Å²) in [6, 6.07) is 11.6. The summed E-state index contributed by atoms with van der Waals surface area (Å²) in [5.74, 6) is 0.470. The molecule has 0 unspecified atom stereocenters. The van der Waals surface area contributed by atoms with E-state index in [4.69, 9.17) is 16.6 Å². The van der Waals surface area contributed by atoms with Gasteiger partial charge >= 0.3 is 0 Å². The van der Waals surface area contributed by atoms with Crippen molar-refractivity contribution in [3.63, 3.8) is 0 Å². The van der Waals surface area contributed by atoms with E-state index in [9.17, 15) is 9.59 Å². The highest BCUT2D eigenvalue weighted by molar-refractivity contribution is 8.26. The minimum atomic E-state index is -0.196. The molecule has 33 heavy (non-hydrogen) atoms. The highest BCUT2D eigenvalue weighted by atomic mass is 32.2. The Balaban J connectivity index is 1.63. The maximum absolute atomic E-state index is 13.6. The van der Waals surface area contributed by atoms with Crippen LogP contribution in [0, 0.1) is 0 Å². The van der Waals surface area contributed by atoms with Gasteiger partial charge in [0.05, 0.1) is 34.5 Å². The molecule has 1 amide bonds. The van der Waals surface area contributed by atoms with Crippen molar-refractivity contribution in [1.29, 1.82) is 0 Å². The van der Waals surface area contributed by atoms with Gasteiger partial charge in [0.2, 0.25) is 0 Å². The van der Waals surface area contributed by atoms with Crippen molar-refractivity contribution >= 4 is 56.9 Å². The summed E-state index contributed by atoms with van der Waals surface area (Å²) in [5.41, 5.74) is 2.26. The van der Waals surface area contributed by atoms with Gasteiger partial charge in [-0.05, 0) is 37.1 Å². The largest absolute Gasteiger partial charge is 0.467 e. The third-order valence-electron chi connectivity index (χ3n) is 6.28. The number of thiocarbonyl (C=S) groups is 1. The fourth-order valence-electron chi connectivity index (χ4n) is 4.59. The van der Waals surface area contributed by atoms with Crippen LogP contribution in [0.25, 0.3) is 17.0 Å². The number of pyridine rings is 1. The molecule has 2 aliphatic rings. The van der Waals surface area contributed by atoms with Crippen LogP contribution in [0.5, 0.6) is 0 Å². The third kappa shape index (κ3) is 4.13. The molecule has 5 rings (SSSR count). The van der Waals surface area contributed by atoms with Gasteiger partial charge in [-0.3, -0.25) is 14.5 Å².